The Morgan fingerprint density at radius 1 is 1.25 bits per heavy atom. The van der Waals surface area contributed by atoms with E-state index in [-0.39, 0.29) is 11.6 Å². The van der Waals surface area contributed by atoms with Gasteiger partial charge in [-0.15, -0.1) is 0 Å². The topological polar surface area (TPSA) is 33.1 Å². The van der Waals surface area contributed by atoms with Crippen molar-refractivity contribution >= 4 is 10.9 Å². The van der Waals surface area contributed by atoms with Gasteiger partial charge in [0.1, 0.15) is 11.6 Å². The lowest BCUT2D eigenvalue weighted by atomic mass is 10.2. The highest BCUT2D eigenvalue weighted by Gasteiger charge is 1.97. The van der Waals surface area contributed by atoms with Gasteiger partial charge in [0.05, 0.1) is 11.7 Å². The Kier molecular flexibility index (Phi) is 1.43. The zero-order valence-corrected chi connectivity index (χ0v) is 6.16. The second kappa shape index (κ2) is 2.44. The number of hydrogen-bond acceptors (Lipinski definition) is 2. The quantitative estimate of drug-likeness (QED) is 0.645. The average Bonchev–Trinajstić information content (AvgIpc) is 2.03. The van der Waals surface area contributed by atoms with Crippen molar-refractivity contribution in [1.29, 1.82) is 0 Å². The molecule has 1 aromatic heterocycles. The number of pyridine rings is 1. The molecule has 2 aromatic rings. The van der Waals surface area contributed by atoms with Gasteiger partial charge in [-0.1, -0.05) is 0 Å². The van der Waals surface area contributed by atoms with Crippen LogP contribution < -0.4 is 0 Å². The first-order valence-corrected chi connectivity index (χ1v) is 3.50. The van der Waals surface area contributed by atoms with Crippen LogP contribution in [-0.4, -0.2) is 10.1 Å². The molecular weight excluding hydrogens is 157 g/mol. The number of halogens is 1. The number of benzene rings is 1. The van der Waals surface area contributed by atoms with E-state index in [1.54, 1.807) is 6.07 Å². The summed E-state index contributed by atoms with van der Waals surface area (Å²) >= 11 is 0. The van der Waals surface area contributed by atoms with Gasteiger partial charge in [-0.2, -0.15) is 0 Å². The Labute approximate surface area is 68.3 Å². The van der Waals surface area contributed by atoms with Crippen molar-refractivity contribution in [2.24, 2.45) is 0 Å². The highest BCUT2D eigenvalue weighted by Crippen LogP contribution is 2.17. The highest BCUT2D eigenvalue weighted by molar-refractivity contribution is 5.79. The summed E-state index contributed by atoms with van der Waals surface area (Å²) in [5.74, 6) is -0.275. The van der Waals surface area contributed by atoms with Gasteiger partial charge in [-0.05, 0) is 24.3 Å². The molecule has 1 heterocycles. The average molecular weight is 163 g/mol. The number of aromatic hydroxyl groups is 1. The van der Waals surface area contributed by atoms with Gasteiger partial charge >= 0.3 is 0 Å². The fourth-order valence-electron chi connectivity index (χ4n) is 1.09. The van der Waals surface area contributed by atoms with Crippen LogP contribution in [0.3, 0.4) is 0 Å². The van der Waals surface area contributed by atoms with Crippen LogP contribution in [0.1, 0.15) is 0 Å². The van der Waals surface area contributed by atoms with Crippen molar-refractivity contribution < 1.29 is 9.50 Å². The van der Waals surface area contributed by atoms with E-state index in [2.05, 4.69) is 4.98 Å². The molecule has 0 aliphatic carbocycles. The molecular formula is C9H6FNO. The summed E-state index contributed by atoms with van der Waals surface area (Å²) < 4.78 is 12.7. The molecule has 0 unspecified atom stereocenters. The van der Waals surface area contributed by atoms with Crippen molar-refractivity contribution in [3.8, 4) is 5.75 Å². The minimum atomic E-state index is -0.324. The maximum atomic E-state index is 12.7. The lowest BCUT2D eigenvalue weighted by Gasteiger charge is -1.96. The van der Waals surface area contributed by atoms with Crippen molar-refractivity contribution in [3.05, 3.63) is 36.3 Å². The van der Waals surface area contributed by atoms with Gasteiger partial charge in [0, 0.05) is 5.39 Å². The van der Waals surface area contributed by atoms with E-state index in [1.165, 1.54) is 24.4 Å². The van der Waals surface area contributed by atoms with Crippen LogP contribution in [0.2, 0.25) is 0 Å². The summed E-state index contributed by atoms with van der Waals surface area (Å²) in [5, 5.41) is 9.64. The van der Waals surface area contributed by atoms with Gasteiger partial charge in [-0.25, -0.2) is 4.39 Å². The van der Waals surface area contributed by atoms with E-state index in [1.807, 2.05) is 0 Å². The molecule has 0 saturated heterocycles. The van der Waals surface area contributed by atoms with Crippen LogP contribution in [0.15, 0.2) is 30.5 Å². The van der Waals surface area contributed by atoms with Gasteiger partial charge in [0.25, 0.3) is 0 Å². The summed E-state index contributed by atoms with van der Waals surface area (Å²) in [7, 11) is 0. The summed E-state index contributed by atoms with van der Waals surface area (Å²) in [5.41, 5.74) is 0.675. The van der Waals surface area contributed by atoms with E-state index in [0.29, 0.717) is 10.9 Å². The third-order valence-electron chi connectivity index (χ3n) is 1.63. The van der Waals surface area contributed by atoms with Crippen molar-refractivity contribution in [2.45, 2.75) is 0 Å². The molecule has 0 fully saturated rings. The standard InChI is InChI=1S/C9H6FNO/c10-7-1-2-9-6(3-7)4-8(12)5-11-9/h1-5,12H. The first-order valence-electron chi connectivity index (χ1n) is 3.50. The Morgan fingerprint density at radius 3 is 2.92 bits per heavy atom. The fraction of sp³-hybridized carbons (Fsp3) is 0. The molecule has 0 aliphatic heterocycles. The summed E-state index contributed by atoms with van der Waals surface area (Å²) in [4.78, 5) is 3.91. The Bertz CT molecular complexity index is 391. The van der Waals surface area contributed by atoms with Crippen molar-refractivity contribution in [1.82, 2.24) is 4.98 Å². The van der Waals surface area contributed by atoms with E-state index < -0.39 is 0 Å². The highest BCUT2D eigenvalue weighted by atomic mass is 19.1. The Morgan fingerprint density at radius 2 is 2.08 bits per heavy atom. The Hall–Kier alpha value is -1.64. The van der Waals surface area contributed by atoms with E-state index in [0.717, 1.165) is 0 Å². The molecule has 60 valence electrons. The molecule has 0 saturated carbocycles. The largest absolute Gasteiger partial charge is 0.506 e. The van der Waals surface area contributed by atoms with Crippen LogP contribution in [-0.2, 0) is 0 Å². The molecule has 12 heavy (non-hydrogen) atoms. The van der Waals surface area contributed by atoms with Gasteiger partial charge < -0.3 is 5.11 Å². The molecule has 1 aromatic carbocycles. The summed E-state index contributed by atoms with van der Waals surface area (Å²) in [6.45, 7) is 0. The monoisotopic (exact) mass is 163 g/mol. The third-order valence-corrected chi connectivity index (χ3v) is 1.63. The van der Waals surface area contributed by atoms with Gasteiger partial charge in [0.15, 0.2) is 0 Å². The van der Waals surface area contributed by atoms with Crippen LogP contribution in [0, 0.1) is 5.82 Å². The molecule has 0 spiro atoms. The predicted molar refractivity (Wildman–Crippen MR) is 43.4 cm³/mol. The molecule has 0 amide bonds. The van der Waals surface area contributed by atoms with E-state index >= 15 is 0 Å². The first-order chi connectivity index (χ1) is 5.75. The number of nitrogens with zero attached hydrogens (tertiary/aromatic N) is 1. The molecule has 2 nitrogen and oxygen atoms in total. The lowest BCUT2D eigenvalue weighted by molar-refractivity contribution is 0.474. The summed E-state index contributed by atoms with van der Waals surface area (Å²) in [6, 6.07) is 5.73. The second-order valence-electron chi connectivity index (χ2n) is 2.53. The van der Waals surface area contributed by atoms with Crippen LogP contribution >= 0.6 is 0 Å². The summed E-state index contributed by atoms with van der Waals surface area (Å²) in [6.07, 6.45) is 1.33. The smallest absolute Gasteiger partial charge is 0.134 e. The van der Waals surface area contributed by atoms with Gasteiger partial charge in [-0.3, -0.25) is 4.98 Å². The number of fused-ring (bicyclic) bond motifs is 1. The van der Waals surface area contributed by atoms with Crippen LogP contribution in [0.4, 0.5) is 4.39 Å². The number of aromatic nitrogens is 1. The fourth-order valence-corrected chi connectivity index (χ4v) is 1.09. The minimum absolute atomic E-state index is 0.0492. The van der Waals surface area contributed by atoms with Crippen LogP contribution in [0.5, 0.6) is 5.75 Å². The molecule has 0 atom stereocenters. The molecule has 3 heteroatoms. The second-order valence-corrected chi connectivity index (χ2v) is 2.53. The van der Waals surface area contributed by atoms with Crippen LogP contribution in [0.25, 0.3) is 10.9 Å². The number of rotatable bonds is 0. The predicted octanol–water partition coefficient (Wildman–Crippen LogP) is 2.08. The normalized spacial score (nSPS) is 10.4. The van der Waals surface area contributed by atoms with E-state index in [4.69, 9.17) is 5.11 Å². The third kappa shape index (κ3) is 1.09. The molecule has 1 N–H and O–H groups in total. The van der Waals surface area contributed by atoms with Crippen molar-refractivity contribution in [2.75, 3.05) is 0 Å². The molecule has 2 rings (SSSR count). The molecule has 0 radical (unpaired) electrons. The SMILES string of the molecule is Oc1cnc2ccc(F)cc2c1. The molecule has 0 bridgehead atoms. The maximum Gasteiger partial charge on any atom is 0.134 e. The zero-order chi connectivity index (χ0) is 8.55. The Balaban J connectivity index is 2.80. The number of hydrogen-bond donors (Lipinski definition) is 1. The maximum absolute atomic E-state index is 12.7. The van der Waals surface area contributed by atoms with Crippen molar-refractivity contribution in [3.63, 3.8) is 0 Å². The first kappa shape index (κ1) is 7.03. The zero-order valence-electron chi connectivity index (χ0n) is 6.16. The van der Waals surface area contributed by atoms with Gasteiger partial charge in [0.2, 0.25) is 0 Å². The minimum Gasteiger partial charge on any atom is -0.506 e. The lowest BCUT2D eigenvalue weighted by Crippen LogP contribution is -1.79. The van der Waals surface area contributed by atoms with E-state index in [9.17, 15) is 4.39 Å². The molecule has 0 aliphatic rings.